The number of benzene rings is 2. The van der Waals surface area contributed by atoms with Crippen molar-refractivity contribution in [2.24, 2.45) is 5.92 Å². The van der Waals surface area contributed by atoms with Crippen molar-refractivity contribution in [3.8, 4) is 5.75 Å². The quantitative estimate of drug-likeness (QED) is 0.451. The zero-order chi connectivity index (χ0) is 24.6. The molecule has 186 valence electrons. The van der Waals surface area contributed by atoms with Crippen molar-refractivity contribution >= 4 is 29.4 Å². The lowest BCUT2D eigenvalue weighted by molar-refractivity contribution is 0.0680. The fourth-order valence-electron chi connectivity index (χ4n) is 5.07. The molecule has 3 heterocycles. The maximum Gasteiger partial charge on any atom is 0.277 e. The number of fused-ring (bicyclic) bond motifs is 3. The Morgan fingerprint density at radius 1 is 1.00 bits per heavy atom. The second kappa shape index (κ2) is 9.90. The molecule has 1 atom stereocenters. The number of amides is 1. The molecule has 6 nitrogen and oxygen atoms in total. The van der Waals surface area contributed by atoms with Crippen LogP contribution >= 0.6 is 23.5 Å². The summed E-state index contributed by atoms with van der Waals surface area (Å²) in [5.74, 6) is 3.17. The van der Waals surface area contributed by atoms with Gasteiger partial charge in [-0.1, -0.05) is 42.5 Å². The molecule has 1 N–H and O–H groups in total. The van der Waals surface area contributed by atoms with E-state index in [9.17, 15) is 14.7 Å². The summed E-state index contributed by atoms with van der Waals surface area (Å²) in [4.78, 5) is 28.9. The number of carbonyl (C=O) groups is 1. The molecule has 0 radical (unpaired) electrons. The molecule has 1 saturated carbocycles. The zero-order valence-corrected chi connectivity index (χ0v) is 21.6. The van der Waals surface area contributed by atoms with Crippen LogP contribution in [0.2, 0.25) is 0 Å². The molecule has 0 bridgehead atoms. The molecule has 8 heteroatoms. The van der Waals surface area contributed by atoms with Crippen LogP contribution in [-0.4, -0.2) is 45.3 Å². The van der Waals surface area contributed by atoms with Crippen LogP contribution in [0, 0.1) is 5.92 Å². The summed E-state index contributed by atoms with van der Waals surface area (Å²) in [6.07, 6.45) is 5.20. The summed E-state index contributed by atoms with van der Waals surface area (Å²) in [5.41, 5.74) is 3.09. The van der Waals surface area contributed by atoms with E-state index < -0.39 is 11.2 Å². The summed E-state index contributed by atoms with van der Waals surface area (Å²) in [6, 6.07) is 18.0. The van der Waals surface area contributed by atoms with E-state index in [4.69, 9.17) is 0 Å². The lowest BCUT2D eigenvalue weighted by Crippen LogP contribution is -2.55. The maximum absolute atomic E-state index is 13.5. The molecule has 3 aliphatic rings. The van der Waals surface area contributed by atoms with Crippen LogP contribution in [0.1, 0.15) is 52.5 Å². The van der Waals surface area contributed by atoms with E-state index in [1.807, 2.05) is 29.6 Å². The number of aromatic hydroxyl groups is 1. The summed E-state index contributed by atoms with van der Waals surface area (Å²) in [5, 5.41) is 12.9. The lowest BCUT2D eigenvalue weighted by Gasteiger charge is -2.44. The van der Waals surface area contributed by atoms with Crippen molar-refractivity contribution < 1.29 is 9.90 Å². The average Bonchev–Trinajstić information content (AvgIpc) is 3.73. The van der Waals surface area contributed by atoms with Gasteiger partial charge in [0, 0.05) is 29.5 Å². The Hall–Kier alpha value is -2.84. The molecule has 2 aliphatic heterocycles. The second-order valence-corrected chi connectivity index (χ2v) is 11.8. The molecule has 1 amide bonds. The molecule has 6 rings (SSSR count). The van der Waals surface area contributed by atoms with Gasteiger partial charge in [-0.3, -0.25) is 19.3 Å². The van der Waals surface area contributed by atoms with Gasteiger partial charge in [-0.05, 0) is 59.4 Å². The molecule has 1 fully saturated rings. The SMILES string of the molecule is O=C1c2c(O)c(=O)ccn2N([C@H]2c3ccccc3CSc3ccccc32)CN1CCCSCC1CC1. The van der Waals surface area contributed by atoms with E-state index in [-0.39, 0.29) is 17.6 Å². The molecule has 0 saturated heterocycles. The number of thioether (sulfide) groups is 2. The molecular formula is C28H29N3O3S2. The lowest BCUT2D eigenvalue weighted by atomic mass is 9.94. The molecule has 36 heavy (non-hydrogen) atoms. The van der Waals surface area contributed by atoms with Crippen molar-refractivity contribution in [3.05, 3.63) is 93.4 Å². The Bertz CT molecular complexity index is 1310. The monoisotopic (exact) mass is 519 g/mol. The first-order valence-corrected chi connectivity index (χ1v) is 14.6. The van der Waals surface area contributed by atoms with Crippen molar-refractivity contribution in [2.75, 3.05) is 29.7 Å². The topological polar surface area (TPSA) is 65.8 Å². The molecular weight excluding hydrogens is 490 g/mol. The third kappa shape index (κ3) is 4.41. The highest BCUT2D eigenvalue weighted by Gasteiger charge is 2.38. The Labute approximate surface area is 219 Å². The number of hydrogen-bond acceptors (Lipinski definition) is 6. The van der Waals surface area contributed by atoms with E-state index in [0.29, 0.717) is 13.2 Å². The van der Waals surface area contributed by atoms with Crippen LogP contribution in [0.5, 0.6) is 5.75 Å². The summed E-state index contributed by atoms with van der Waals surface area (Å²) >= 11 is 3.78. The molecule has 0 spiro atoms. The van der Waals surface area contributed by atoms with E-state index in [0.717, 1.165) is 29.4 Å². The largest absolute Gasteiger partial charge is 0.502 e. The molecule has 2 aromatic carbocycles. The van der Waals surface area contributed by atoms with E-state index >= 15 is 0 Å². The van der Waals surface area contributed by atoms with Crippen molar-refractivity contribution in [3.63, 3.8) is 0 Å². The number of hydrogen-bond donors (Lipinski definition) is 1. The van der Waals surface area contributed by atoms with E-state index in [1.54, 1.807) is 15.8 Å². The number of aromatic nitrogens is 1. The first-order chi connectivity index (χ1) is 17.6. The van der Waals surface area contributed by atoms with E-state index in [2.05, 4.69) is 47.5 Å². The Balaban J connectivity index is 1.40. The van der Waals surface area contributed by atoms with Gasteiger partial charge in [0.2, 0.25) is 5.43 Å². The smallest absolute Gasteiger partial charge is 0.277 e. The van der Waals surface area contributed by atoms with Gasteiger partial charge in [-0.25, -0.2) is 0 Å². The molecule has 1 aliphatic carbocycles. The fourth-order valence-corrected chi connectivity index (χ4v) is 7.33. The van der Waals surface area contributed by atoms with Crippen molar-refractivity contribution in [2.45, 2.75) is 36.0 Å². The van der Waals surface area contributed by atoms with Crippen LogP contribution in [0.15, 0.2) is 70.5 Å². The minimum absolute atomic E-state index is 0.0474. The van der Waals surface area contributed by atoms with Crippen molar-refractivity contribution in [1.82, 2.24) is 9.58 Å². The number of carbonyl (C=O) groups excluding carboxylic acids is 1. The predicted molar refractivity (Wildman–Crippen MR) is 145 cm³/mol. The van der Waals surface area contributed by atoms with Gasteiger partial charge in [-0.2, -0.15) is 11.8 Å². The average molecular weight is 520 g/mol. The fraction of sp³-hybridized carbons (Fsp3) is 0.357. The van der Waals surface area contributed by atoms with E-state index in [1.165, 1.54) is 40.7 Å². The number of nitrogens with zero attached hydrogens (tertiary/aromatic N) is 3. The number of pyridine rings is 1. The summed E-state index contributed by atoms with van der Waals surface area (Å²) in [6.45, 7) is 0.958. The summed E-state index contributed by atoms with van der Waals surface area (Å²) < 4.78 is 1.70. The van der Waals surface area contributed by atoms with Crippen molar-refractivity contribution in [1.29, 1.82) is 0 Å². The number of rotatable bonds is 7. The van der Waals surface area contributed by atoms with Gasteiger partial charge >= 0.3 is 0 Å². The van der Waals surface area contributed by atoms with Crippen LogP contribution in [0.4, 0.5) is 0 Å². The maximum atomic E-state index is 13.5. The van der Waals surface area contributed by atoms with Crippen LogP contribution < -0.4 is 10.4 Å². The first-order valence-electron chi connectivity index (χ1n) is 12.5. The summed E-state index contributed by atoms with van der Waals surface area (Å²) in [7, 11) is 0. The molecule has 1 aromatic heterocycles. The highest BCUT2D eigenvalue weighted by Crippen LogP contribution is 2.42. The van der Waals surface area contributed by atoms with Gasteiger partial charge in [0.05, 0.1) is 6.04 Å². The van der Waals surface area contributed by atoms with Crippen LogP contribution in [0.3, 0.4) is 0 Å². The Morgan fingerprint density at radius 3 is 2.61 bits per heavy atom. The highest BCUT2D eigenvalue weighted by molar-refractivity contribution is 7.99. The normalized spacial score (nSPS) is 18.9. The predicted octanol–water partition coefficient (Wildman–Crippen LogP) is 4.83. The third-order valence-electron chi connectivity index (χ3n) is 7.15. The first kappa shape index (κ1) is 23.6. The van der Waals surface area contributed by atoms with Gasteiger partial charge < -0.3 is 10.0 Å². The Morgan fingerprint density at radius 2 is 1.78 bits per heavy atom. The second-order valence-electron chi connectivity index (χ2n) is 9.67. The van der Waals surface area contributed by atoms with Crippen LogP contribution in [-0.2, 0) is 5.75 Å². The minimum atomic E-state index is -0.534. The van der Waals surface area contributed by atoms with Gasteiger partial charge in [0.1, 0.15) is 6.67 Å². The van der Waals surface area contributed by atoms with Crippen LogP contribution in [0.25, 0.3) is 0 Å². The van der Waals surface area contributed by atoms with Gasteiger partial charge in [0.25, 0.3) is 5.91 Å². The Kier molecular flexibility index (Phi) is 6.48. The zero-order valence-electron chi connectivity index (χ0n) is 20.0. The highest BCUT2D eigenvalue weighted by atomic mass is 32.2. The standard InChI is InChI=1S/C28H29N3O3S2/c32-23-12-14-30-26(27(23)33)28(34)29(13-5-15-35-16-19-10-11-19)18-31(30)25-21-7-2-1-6-20(21)17-36-24-9-4-3-8-22(24)25/h1-4,6-9,12,14,19,25,33H,5,10-11,13,15-18H2/t25-/m0/s1. The molecule has 0 unspecified atom stereocenters. The third-order valence-corrected chi connectivity index (χ3v) is 9.57. The van der Waals surface area contributed by atoms with Gasteiger partial charge in [-0.15, -0.1) is 11.8 Å². The molecule has 3 aromatic rings. The van der Waals surface area contributed by atoms with Gasteiger partial charge in [0.15, 0.2) is 11.4 Å². The minimum Gasteiger partial charge on any atom is -0.502 e.